The lowest BCUT2D eigenvalue weighted by Crippen LogP contribution is -2.42. The van der Waals surface area contributed by atoms with Gasteiger partial charge in [-0.15, -0.1) is 0 Å². The zero-order valence-corrected chi connectivity index (χ0v) is 14.6. The summed E-state index contributed by atoms with van der Waals surface area (Å²) in [5, 5.41) is 10.2. The molecule has 0 radical (unpaired) electrons. The van der Waals surface area contributed by atoms with Gasteiger partial charge in [0.1, 0.15) is 5.60 Å². The molecule has 0 aliphatic carbocycles. The third kappa shape index (κ3) is 4.87. The molecule has 23 heavy (non-hydrogen) atoms. The number of likely N-dealkylation sites (tertiary alicyclic amines) is 1. The molecule has 1 aromatic rings. The number of piperidine rings is 1. The molecule has 1 aliphatic rings. The van der Waals surface area contributed by atoms with Crippen LogP contribution >= 0.6 is 11.6 Å². The number of benzene rings is 1. The maximum absolute atomic E-state index is 12.1. The number of halogens is 1. The second-order valence-corrected chi connectivity index (χ2v) is 7.40. The monoisotopic (exact) mass is 334 g/mol. The Labute approximate surface area is 143 Å². The van der Waals surface area contributed by atoms with E-state index in [4.69, 9.17) is 16.3 Å². The normalized spacial score (nSPS) is 17.4. The highest BCUT2D eigenvalue weighted by atomic mass is 35.5. The fourth-order valence-electron chi connectivity index (χ4n) is 2.86. The minimum atomic E-state index is -0.480. The van der Waals surface area contributed by atoms with Crippen molar-refractivity contribution in [2.45, 2.75) is 45.1 Å². The Morgan fingerprint density at radius 2 is 1.87 bits per heavy atom. The van der Waals surface area contributed by atoms with Crippen LogP contribution in [0.25, 0.3) is 0 Å². The van der Waals surface area contributed by atoms with E-state index in [1.165, 1.54) is 0 Å². The summed E-state index contributed by atoms with van der Waals surface area (Å²) in [5.74, 6) is 0.0907. The van der Waals surface area contributed by atoms with E-state index in [1.54, 1.807) is 4.90 Å². The second-order valence-electron chi connectivity index (χ2n) is 6.96. The van der Waals surface area contributed by atoms with Gasteiger partial charge in [0, 0.05) is 18.1 Å². The lowest BCUT2D eigenvalue weighted by molar-refractivity contribution is 0.0180. The van der Waals surface area contributed by atoms with Crippen molar-refractivity contribution in [1.29, 1.82) is 5.26 Å². The first-order valence-corrected chi connectivity index (χ1v) is 8.31. The van der Waals surface area contributed by atoms with Crippen molar-refractivity contribution < 1.29 is 9.53 Å². The fourth-order valence-corrected chi connectivity index (χ4v) is 2.99. The van der Waals surface area contributed by atoms with Crippen LogP contribution in [0, 0.1) is 17.2 Å². The van der Waals surface area contributed by atoms with Crippen LogP contribution < -0.4 is 0 Å². The largest absolute Gasteiger partial charge is 0.444 e. The molecule has 124 valence electrons. The van der Waals surface area contributed by atoms with E-state index < -0.39 is 5.60 Å². The molecule has 2 rings (SSSR count). The maximum atomic E-state index is 12.1. The van der Waals surface area contributed by atoms with E-state index in [1.807, 2.05) is 45.0 Å². The van der Waals surface area contributed by atoms with Crippen LogP contribution in [0.2, 0.25) is 5.02 Å². The van der Waals surface area contributed by atoms with Gasteiger partial charge in [0.25, 0.3) is 0 Å². The third-order valence-corrected chi connectivity index (χ3v) is 4.28. The SMILES string of the molecule is CC(C)(C)OC(=O)N1CCC([C@H](C#N)c2ccc(Cl)cc2)CC1. The van der Waals surface area contributed by atoms with Crippen LogP contribution in [0.1, 0.15) is 45.1 Å². The number of rotatable bonds is 2. The number of ether oxygens (including phenoxy) is 1. The Morgan fingerprint density at radius 3 is 2.35 bits per heavy atom. The standard InChI is InChI=1S/C18H23ClN2O2/c1-18(2,3)23-17(22)21-10-8-14(9-11-21)16(12-20)13-4-6-15(19)7-5-13/h4-7,14,16H,8-11H2,1-3H3/t16-/m1/s1. The molecular weight excluding hydrogens is 312 g/mol. The van der Waals surface area contributed by atoms with Crippen molar-refractivity contribution in [3.8, 4) is 6.07 Å². The molecule has 1 heterocycles. The van der Waals surface area contributed by atoms with Crippen LogP contribution in [0.3, 0.4) is 0 Å². The average Bonchev–Trinajstić information content (AvgIpc) is 2.49. The van der Waals surface area contributed by atoms with Gasteiger partial charge in [-0.1, -0.05) is 23.7 Å². The van der Waals surface area contributed by atoms with E-state index in [-0.39, 0.29) is 17.9 Å². The number of carbonyl (C=O) groups is 1. The Balaban J connectivity index is 1.96. The van der Waals surface area contributed by atoms with Gasteiger partial charge in [-0.05, 0) is 57.2 Å². The van der Waals surface area contributed by atoms with Crippen LogP contribution in [0.15, 0.2) is 24.3 Å². The molecule has 0 aromatic heterocycles. The van der Waals surface area contributed by atoms with Crippen molar-refractivity contribution in [1.82, 2.24) is 4.90 Å². The van der Waals surface area contributed by atoms with Crippen molar-refractivity contribution in [3.63, 3.8) is 0 Å². The van der Waals surface area contributed by atoms with Crippen LogP contribution in [-0.4, -0.2) is 29.7 Å². The molecule has 0 saturated carbocycles. The number of hydrogen-bond acceptors (Lipinski definition) is 3. The van der Waals surface area contributed by atoms with Gasteiger partial charge in [-0.25, -0.2) is 4.79 Å². The Morgan fingerprint density at radius 1 is 1.30 bits per heavy atom. The Hall–Kier alpha value is -1.73. The molecular formula is C18H23ClN2O2. The molecule has 1 aromatic carbocycles. The van der Waals surface area contributed by atoms with Crippen molar-refractivity contribution in [2.24, 2.45) is 5.92 Å². The van der Waals surface area contributed by atoms with Gasteiger partial charge in [-0.2, -0.15) is 5.26 Å². The van der Waals surface area contributed by atoms with Crippen molar-refractivity contribution in [2.75, 3.05) is 13.1 Å². The highest BCUT2D eigenvalue weighted by Crippen LogP contribution is 2.33. The lowest BCUT2D eigenvalue weighted by Gasteiger charge is -2.35. The van der Waals surface area contributed by atoms with Gasteiger partial charge < -0.3 is 9.64 Å². The molecule has 1 amide bonds. The average molecular weight is 335 g/mol. The predicted molar refractivity (Wildman–Crippen MR) is 90.3 cm³/mol. The summed E-state index contributed by atoms with van der Waals surface area (Å²) < 4.78 is 5.40. The van der Waals surface area contributed by atoms with E-state index in [0.29, 0.717) is 18.1 Å². The first-order valence-electron chi connectivity index (χ1n) is 7.93. The number of amides is 1. The number of nitrogens with zero attached hydrogens (tertiary/aromatic N) is 2. The maximum Gasteiger partial charge on any atom is 0.410 e. The Bertz CT molecular complexity index is 579. The highest BCUT2D eigenvalue weighted by Gasteiger charge is 2.31. The molecule has 4 nitrogen and oxygen atoms in total. The summed E-state index contributed by atoms with van der Waals surface area (Å²) in [7, 11) is 0. The minimum Gasteiger partial charge on any atom is -0.444 e. The summed E-state index contributed by atoms with van der Waals surface area (Å²) >= 11 is 5.91. The number of carbonyl (C=O) groups excluding carboxylic acids is 1. The molecule has 0 unspecified atom stereocenters. The molecule has 0 N–H and O–H groups in total. The predicted octanol–water partition coefficient (Wildman–Crippen LogP) is 4.59. The molecule has 1 saturated heterocycles. The second kappa shape index (κ2) is 7.23. The van der Waals surface area contributed by atoms with Crippen LogP contribution in [0.5, 0.6) is 0 Å². The highest BCUT2D eigenvalue weighted by molar-refractivity contribution is 6.30. The van der Waals surface area contributed by atoms with Gasteiger partial charge in [0.2, 0.25) is 0 Å². The van der Waals surface area contributed by atoms with E-state index in [9.17, 15) is 10.1 Å². The summed E-state index contributed by atoms with van der Waals surface area (Å²) in [4.78, 5) is 13.8. The number of nitriles is 1. The lowest BCUT2D eigenvalue weighted by atomic mass is 9.81. The Kier molecular flexibility index (Phi) is 5.54. The summed E-state index contributed by atoms with van der Waals surface area (Å²) in [6.07, 6.45) is 1.34. The van der Waals surface area contributed by atoms with Crippen LogP contribution in [0.4, 0.5) is 4.79 Å². The van der Waals surface area contributed by atoms with Gasteiger partial charge in [0.05, 0.1) is 12.0 Å². The van der Waals surface area contributed by atoms with Crippen molar-refractivity contribution in [3.05, 3.63) is 34.9 Å². The third-order valence-electron chi connectivity index (χ3n) is 4.03. The first kappa shape index (κ1) is 17.6. The summed E-state index contributed by atoms with van der Waals surface area (Å²) in [6.45, 7) is 6.86. The van der Waals surface area contributed by atoms with Crippen molar-refractivity contribution >= 4 is 17.7 Å². The fraction of sp³-hybridized carbons (Fsp3) is 0.556. The zero-order chi connectivity index (χ0) is 17.0. The van der Waals surface area contributed by atoms with Gasteiger partial charge >= 0.3 is 6.09 Å². The van der Waals surface area contributed by atoms with Gasteiger partial charge in [0.15, 0.2) is 0 Å². The van der Waals surface area contributed by atoms with E-state index in [0.717, 1.165) is 18.4 Å². The van der Waals surface area contributed by atoms with E-state index in [2.05, 4.69) is 6.07 Å². The minimum absolute atomic E-state index is 0.159. The summed E-state index contributed by atoms with van der Waals surface area (Å²) in [6, 6.07) is 9.87. The molecule has 1 aliphatic heterocycles. The van der Waals surface area contributed by atoms with Crippen LogP contribution in [-0.2, 0) is 4.74 Å². The molecule has 0 bridgehead atoms. The molecule has 0 spiro atoms. The molecule has 5 heteroatoms. The molecule has 1 fully saturated rings. The van der Waals surface area contributed by atoms with E-state index >= 15 is 0 Å². The first-order chi connectivity index (χ1) is 10.8. The topological polar surface area (TPSA) is 53.3 Å². The smallest absolute Gasteiger partial charge is 0.410 e. The quantitative estimate of drug-likeness (QED) is 0.794. The molecule has 1 atom stereocenters. The van der Waals surface area contributed by atoms with Gasteiger partial charge in [-0.3, -0.25) is 0 Å². The summed E-state index contributed by atoms with van der Waals surface area (Å²) in [5.41, 5.74) is 0.513. The number of hydrogen-bond donors (Lipinski definition) is 0. The zero-order valence-electron chi connectivity index (χ0n) is 13.9.